The number of hydrogen-bond donors (Lipinski definition) is 9. The lowest BCUT2D eigenvalue weighted by atomic mass is 9.98. The Morgan fingerprint density at radius 3 is 1.09 bits per heavy atom. The minimum atomic E-state index is -0.900. The van der Waals surface area contributed by atoms with E-state index in [2.05, 4.69) is 31.6 Å². The molecular formula is C42H48N8O7. The first-order chi connectivity index (χ1) is 27.4. The maximum atomic E-state index is 13.1. The molecule has 2 fully saturated rings. The van der Waals surface area contributed by atoms with E-state index in [9.17, 15) is 34.2 Å². The van der Waals surface area contributed by atoms with Crippen molar-refractivity contribution in [1.82, 2.24) is 26.6 Å². The molecule has 2 saturated heterocycles. The molecule has 11 N–H and O–H groups in total. The molecule has 0 saturated carbocycles. The number of rotatable bonds is 12. The van der Waals surface area contributed by atoms with Crippen LogP contribution in [0.3, 0.4) is 0 Å². The molecule has 2 heterocycles. The van der Waals surface area contributed by atoms with Crippen molar-refractivity contribution in [2.75, 3.05) is 6.54 Å². The predicted octanol–water partition coefficient (Wildman–Crippen LogP) is 0.860. The number of aliphatic imine (C=N–C) groups is 1. The molecule has 15 heteroatoms. The highest BCUT2D eigenvalue weighted by molar-refractivity contribution is 5.98. The number of carbonyl (C=O) groups excluding carboxylic acids is 5. The minimum Gasteiger partial charge on any atom is -0.508 e. The Morgan fingerprint density at radius 2 is 0.754 bits per heavy atom. The van der Waals surface area contributed by atoms with E-state index in [4.69, 9.17) is 11.5 Å². The van der Waals surface area contributed by atoms with Gasteiger partial charge in [0.15, 0.2) is 5.96 Å². The predicted molar refractivity (Wildman–Crippen MR) is 213 cm³/mol. The zero-order valence-corrected chi connectivity index (χ0v) is 31.3. The average Bonchev–Trinajstić information content (AvgIpc) is 3.23. The van der Waals surface area contributed by atoms with E-state index in [1.54, 1.807) is 36.4 Å². The van der Waals surface area contributed by atoms with Crippen LogP contribution in [0.15, 0.2) is 114 Å². The van der Waals surface area contributed by atoms with Crippen LogP contribution >= 0.6 is 0 Å². The highest BCUT2D eigenvalue weighted by Gasteiger charge is 2.35. The van der Waals surface area contributed by atoms with Crippen LogP contribution in [-0.4, -0.2) is 82.5 Å². The molecule has 2 aliphatic heterocycles. The fourth-order valence-corrected chi connectivity index (χ4v) is 6.41. The molecule has 2 aliphatic rings. The summed E-state index contributed by atoms with van der Waals surface area (Å²) in [5.41, 5.74) is 14.2. The van der Waals surface area contributed by atoms with Gasteiger partial charge in [-0.3, -0.25) is 29.0 Å². The van der Waals surface area contributed by atoms with Crippen molar-refractivity contribution in [3.05, 3.63) is 131 Å². The van der Waals surface area contributed by atoms with Crippen molar-refractivity contribution >= 4 is 35.5 Å². The summed E-state index contributed by atoms with van der Waals surface area (Å²) < 4.78 is 0. The monoisotopic (exact) mass is 776 g/mol. The topological polar surface area (TPSA) is 250 Å². The normalized spacial score (nSPS) is 20.7. The molecule has 4 aromatic rings. The van der Waals surface area contributed by atoms with Gasteiger partial charge in [-0.05, 0) is 59.4 Å². The summed E-state index contributed by atoms with van der Waals surface area (Å²) >= 11 is 0. The molecule has 0 spiro atoms. The second kappa shape index (κ2) is 20.1. The summed E-state index contributed by atoms with van der Waals surface area (Å²) in [5.74, 6) is -1.48. The maximum Gasteiger partial charge on any atom is 0.243 e. The molecule has 5 atom stereocenters. The Labute approximate surface area is 330 Å². The highest BCUT2D eigenvalue weighted by atomic mass is 16.3. The summed E-state index contributed by atoms with van der Waals surface area (Å²) in [6.07, 6.45) is 2.11. The third kappa shape index (κ3) is 12.8. The molecule has 15 nitrogen and oxygen atoms in total. The Morgan fingerprint density at radius 1 is 0.456 bits per heavy atom. The molecule has 57 heavy (non-hydrogen) atoms. The number of nitrogens with one attached hydrogen (secondary N) is 5. The van der Waals surface area contributed by atoms with Gasteiger partial charge in [0.05, 0.1) is 0 Å². The number of benzene rings is 4. The van der Waals surface area contributed by atoms with Gasteiger partial charge < -0.3 is 48.3 Å². The zero-order valence-electron chi connectivity index (χ0n) is 31.3. The third-order valence-corrected chi connectivity index (χ3v) is 9.43. The Hall–Kier alpha value is -6.90. The zero-order chi connectivity index (χ0) is 40.7. The number of nitrogens with two attached hydrogens (primary N) is 2. The summed E-state index contributed by atoms with van der Waals surface area (Å²) in [7, 11) is 0. The van der Waals surface area contributed by atoms with Crippen LogP contribution in [0.5, 0.6) is 11.5 Å². The summed E-state index contributed by atoms with van der Waals surface area (Å²) in [4.78, 5) is 67.6. The lowest BCUT2D eigenvalue weighted by molar-refractivity contribution is -0.136. The van der Waals surface area contributed by atoms with Crippen LogP contribution in [0.1, 0.15) is 35.1 Å². The van der Waals surface area contributed by atoms with E-state index >= 15 is 0 Å². The van der Waals surface area contributed by atoms with Gasteiger partial charge in [-0.25, -0.2) is 0 Å². The van der Waals surface area contributed by atoms with Gasteiger partial charge in [0.25, 0.3) is 0 Å². The van der Waals surface area contributed by atoms with E-state index in [0.29, 0.717) is 32.2 Å². The molecule has 6 rings (SSSR count). The fraction of sp³-hybridized carbons (Fsp3) is 0.286. The molecule has 4 aromatic carbocycles. The largest absolute Gasteiger partial charge is 0.508 e. The smallest absolute Gasteiger partial charge is 0.243 e. The number of nitrogens with zero attached hydrogens (tertiary/aromatic N) is 1. The number of aromatic hydroxyl groups is 2. The number of phenolic OH excluding ortho intramolecular Hbond substituents is 2. The van der Waals surface area contributed by atoms with Crippen LogP contribution in [0.4, 0.5) is 0 Å². The van der Waals surface area contributed by atoms with Gasteiger partial charge >= 0.3 is 0 Å². The van der Waals surface area contributed by atoms with Crippen LogP contribution in [-0.2, 0) is 49.7 Å². The second-order valence-corrected chi connectivity index (χ2v) is 13.9. The molecule has 298 valence electrons. The van der Waals surface area contributed by atoms with Crippen LogP contribution < -0.4 is 38.1 Å². The SMILES string of the molecule is NC(N)=NCCCC1NC(=O)C(Cc2ccccc2)NC(=O)C(Cc2ccc(O)cc2)NC1=O.O=C1NC(Cc2ccc(O)cc2)C(=O)NC1Cc1ccccc1. The quantitative estimate of drug-likeness (QED) is 0.0562. The number of carbonyl (C=O) groups is 5. The molecular weight excluding hydrogens is 729 g/mol. The standard InChI is InChI=1S/C24H30N6O4.C18H18N2O3/c25-24(26)27-12-4-7-18-21(32)29-20(14-16-8-10-17(31)11-9-16)23(34)30-19(22(33)28-18)13-15-5-2-1-3-6-15;21-14-8-6-13(7-9-14)11-16-18(23)19-15(17(22)20-16)10-12-4-2-1-3-5-12/h1-3,5-6,8-11,18-20,31H,4,7,12-14H2,(H,28,33)(H,29,32)(H,30,34)(H4,25,26,27);1-9,15-16,21H,10-11H2,(H,19,23)(H,20,22). The van der Waals surface area contributed by atoms with Crippen LogP contribution in [0, 0.1) is 0 Å². The van der Waals surface area contributed by atoms with Gasteiger partial charge in [0.2, 0.25) is 29.5 Å². The van der Waals surface area contributed by atoms with Crippen LogP contribution in [0.2, 0.25) is 0 Å². The first-order valence-electron chi connectivity index (χ1n) is 18.6. The first kappa shape index (κ1) is 41.3. The second-order valence-electron chi connectivity index (χ2n) is 13.9. The number of guanidine groups is 1. The maximum absolute atomic E-state index is 13.1. The molecule has 0 bridgehead atoms. The Balaban J connectivity index is 0.000000234. The summed E-state index contributed by atoms with van der Waals surface area (Å²) in [6.45, 7) is 0.309. The van der Waals surface area contributed by atoms with Crippen molar-refractivity contribution in [2.45, 2.75) is 68.7 Å². The molecule has 0 radical (unpaired) electrons. The van der Waals surface area contributed by atoms with Crippen LogP contribution in [0.25, 0.3) is 0 Å². The number of phenols is 2. The third-order valence-electron chi connectivity index (χ3n) is 9.43. The van der Waals surface area contributed by atoms with Crippen molar-refractivity contribution < 1.29 is 34.2 Å². The van der Waals surface area contributed by atoms with Crippen molar-refractivity contribution in [1.29, 1.82) is 0 Å². The molecule has 0 aromatic heterocycles. The van der Waals surface area contributed by atoms with E-state index < -0.39 is 47.9 Å². The van der Waals surface area contributed by atoms with Gasteiger partial charge in [-0.1, -0.05) is 84.9 Å². The lowest BCUT2D eigenvalue weighted by Gasteiger charge is -2.29. The highest BCUT2D eigenvalue weighted by Crippen LogP contribution is 2.15. The fourth-order valence-electron chi connectivity index (χ4n) is 6.41. The van der Waals surface area contributed by atoms with E-state index in [1.165, 1.54) is 12.1 Å². The van der Waals surface area contributed by atoms with Gasteiger partial charge in [0, 0.05) is 32.2 Å². The lowest BCUT2D eigenvalue weighted by Crippen LogP contribution is -2.62. The van der Waals surface area contributed by atoms with E-state index in [0.717, 1.165) is 22.3 Å². The first-order valence-corrected chi connectivity index (χ1v) is 18.6. The molecule has 5 unspecified atom stereocenters. The Kier molecular flexibility index (Phi) is 14.6. The van der Waals surface area contributed by atoms with Gasteiger partial charge in [-0.2, -0.15) is 0 Å². The number of piperazine rings is 1. The molecule has 5 amide bonds. The molecule has 0 aliphatic carbocycles. The summed E-state index contributed by atoms with van der Waals surface area (Å²) in [5, 5.41) is 32.7. The average molecular weight is 777 g/mol. The minimum absolute atomic E-state index is 0.0466. The van der Waals surface area contributed by atoms with E-state index in [1.807, 2.05) is 60.7 Å². The van der Waals surface area contributed by atoms with E-state index in [-0.39, 0.29) is 42.1 Å². The van der Waals surface area contributed by atoms with Crippen molar-refractivity contribution in [3.8, 4) is 11.5 Å². The summed E-state index contributed by atoms with van der Waals surface area (Å²) in [6, 6.07) is 28.2. The van der Waals surface area contributed by atoms with Crippen molar-refractivity contribution in [3.63, 3.8) is 0 Å². The number of amides is 5. The number of hydrogen-bond acceptors (Lipinski definition) is 8. The van der Waals surface area contributed by atoms with Crippen molar-refractivity contribution in [2.24, 2.45) is 16.5 Å². The van der Waals surface area contributed by atoms with Gasteiger partial charge in [0.1, 0.15) is 41.7 Å². The van der Waals surface area contributed by atoms with Gasteiger partial charge in [-0.15, -0.1) is 0 Å². The Bertz CT molecular complexity index is 2010.